The van der Waals surface area contributed by atoms with Crippen LogP contribution in [-0.2, 0) is 6.42 Å². The summed E-state index contributed by atoms with van der Waals surface area (Å²) in [5.74, 6) is 0. The molecule has 0 saturated carbocycles. The summed E-state index contributed by atoms with van der Waals surface area (Å²) < 4.78 is 0. The maximum absolute atomic E-state index is 11.0. The van der Waals surface area contributed by atoms with Crippen LogP contribution in [0.2, 0.25) is 0 Å². The maximum Gasteiger partial charge on any atom is 0.272 e. The highest BCUT2D eigenvalue weighted by atomic mass is 79.9. The van der Waals surface area contributed by atoms with E-state index >= 15 is 0 Å². The highest BCUT2D eigenvalue weighted by Crippen LogP contribution is 2.32. The summed E-state index contributed by atoms with van der Waals surface area (Å²) in [6, 6.07) is 5.27. The van der Waals surface area contributed by atoms with Crippen molar-refractivity contribution in [3.8, 4) is 0 Å². The summed E-state index contributed by atoms with van der Waals surface area (Å²) in [7, 11) is 0. The fourth-order valence-electron chi connectivity index (χ4n) is 1.56. The number of halogens is 1. The highest BCUT2D eigenvalue weighted by molar-refractivity contribution is 9.09. The molecule has 0 saturated heterocycles. The third-order valence-electron chi connectivity index (χ3n) is 2.77. The Morgan fingerprint density at radius 3 is 2.47 bits per heavy atom. The molecular formula is C13H18BrNO2. The van der Waals surface area contributed by atoms with E-state index in [9.17, 15) is 10.1 Å². The summed E-state index contributed by atoms with van der Waals surface area (Å²) in [6.45, 7) is 8.31. The van der Waals surface area contributed by atoms with E-state index in [0.717, 1.165) is 11.1 Å². The minimum Gasteiger partial charge on any atom is -0.258 e. The molecule has 1 atom stereocenters. The first kappa shape index (κ1) is 14.2. The van der Waals surface area contributed by atoms with Crippen molar-refractivity contribution in [3.05, 3.63) is 39.4 Å². The number of nitrogens with zero attached hydrogens (tertiary/aromatic N) is 1. The summed E-state index contributed by atoms with van der Waals surface area (Å²) in [5, 5.41) is 11.0. The molecule has 0 heterocycles. The van der Waals surface area contributed by atoms with Crippen molar-refractivity contribution in [1.82, 2.24) is 0 Å². The fourth-order valence-corrected chi connectivity index (χ4v) is 1.90. The molecular weight excluding hydrogens is 282 g/mol. The molecule has 0 aliphatic carbocycles. The van der Waals surface area contributed by atoms with E-state index in [-0.39, 0.29) is 20.9 Å². The largest absolute Gasteiger partial charge is 0.272 e. The number of nitro groups is 1. The first-order valence-corrected chi connectivity index (χ1v) is 6.51. The van der Waals surface area contributed by atoms with Crippen molar-refractivity contribution in [3.63, 3.8) is 0 Å². The molecule has 0 N–H and O–H groups in total. The van der Waals surface area contributed by atoms with Gasteiger partial charge in [-0.05, 0) is 24.8 Å². The number of hydrogen-bond acceptors (Lipinski definition) is 2. The van der Waals surface area contributed by atoms with Crippen molar-refractivity contribution >= 4 is 21.6 Å². The Labute approximate surface area is 111 Å². The van der Waals surface area contributed by atoms with E-state index < -0.39 is 0 Å². The molecule has 3 nitrogen and oxygen atoms in total. The van der Waals surface area contributed by atoms with Crippen LogP contribution in [0.1, 0.15) is 31.9 Å². The Morgan fingerprint density at radius 2 is 2.00 bits per heavy atom. The van der Waals surface area contributed by atoms with Crippen molar-refractivity contribution in [2.24, 2.45) is 5.41 Å². The van der Waals surface area contributed by atoms with E-state index in [0.29, 0.717) is 6.42 Å². The Balaban J connectivity index is 3.04. The van der Waals surface area contributed by atoms with Crippen LogP contribution in [0.3, 0.4) is 0 Å². The maximum atomic E-state index is 11.0. The molecule has 1 rings (SSSR count). The summed E-state index contributed by atoms with van der Waals surface area (Å²) in [5.41, 5.74) is 2.15. The molecule has 0 aliphatic rings. The molecule has 17 heavy (non-hydrogen) atoms. The lowest BCUT2D eigenvalue weighted by Gasteiger charge is -2.25. The molecule has 1 aromatic carbocycles. The smallest absolute Gasteiger partial charge is 0.258 e. The SMILES string of the molecule is Cc1ccc([N+](=O)[O-])c(CC(Br)C(C)(C)C)c1. The number of aryl methyl sites for hydroxylation is 1. The molecule has 94 valence electrons. The van der Waals surface area contributed by atoms with Gasteiger partial charge in [-0.1, -0.05) is 48.3 Å². The van der Waals surface area contributed by atoms with Gasteiger partial charge in [0.1, 0.15) is 0 Å². The van der Waals surface area contributed by atoms with Gasteiger partial charge in [0, 0.05) is 16.5 Å². The lowest BCUT2D eigenvalue weighted by molar-refractivity contribution is -0.385. The number of hydrogen-bond donors (Lipinski definition) is 0. The van der Waals surface area contributed by atoms with Gasteiger partial charge in [-0.25, -0.2) is 0 Å². The Bertz CT molecular complexity index is 424. The van der Waals surface area contributed by atoms with Gasteiger partial charge in [-0.2, -0.15) is 0 Å². The van der Waals surface area contributed by atoms with Gasteiger partial charge in [0.05, 0.1) is 4.92 Å². The van der Waals surface area contributed by atoms with Crippen LogP contribution >= 0.6 is 15.9 Å². The van der Waals surface area contributed by atoms with E-state index in [1.165, 1.54) is 0 Å². The van der Waals surface area contributed by atoms with Crippen LogP contribution in [0.4, 0.5) is 5.69 Å². The summed E-state index contributed by atoms with van der Waals surface area (Å²) >= 11 is 3.62. The topological polar surface area (TPSA) is 43.1 Å². The Kier molecular flexibility index (Phi) is 4.31. The number of alkyl halides is 1. The quantitative estimate of drug-likeness (QED) is 0.475. The standard InChI is InChI=1S/C13H18BrNO2/c1-9-5-6-11(15(16)17)10(7-9)8-12(14)13(2,3)4/h5-7,12H,8H2,1-4H3. The van der Waals surface area contributed by atoms with Crippen molar-refractivity contribution < 1.29 is 4.92 Å². The number of rotatable bonds is 3. The van der Waals surface area contributed by atoms with Crippen LogP contribution in [0.25, 0.3) is 0 Å². The Morgan fingerprint density at radius 1 is 1.41 bits per heavy atom. The molecule has 0 spiro atoms. The molecule has 0 fully saturated rings. The van der Waals surface area contributed by atoms with Crippen LogP contribution in [-0.4, -0.2) is 9.75 Å². The lowest BCUT2D eigenvalue weighted by Crippen LogP contribution is -2.22. The fraction of sp³-hybridized carbons (Fsp3) is 0.538. The zero-order chi connectivity index (χ0) is 13.2. The molecule has 0 radical (unpaired) electrons. The van der Waals surface area contributed by atoms with Crippen LogP contribution in [0.15, 0.2) is 18.2 Å². The molecule has 4 heteroatoms. The van der Waals surface area contributed by atoms with E-state index in [1.807, 2.05) is 13.0 Å². The number of benzene rings is 1. The van der Waals surface area contributed by atoms with Gasteiger partial charge in [0.15, 0.2) is 0 Å². The Hall–Kier alpha value is -0.900. The van der Waals surface area contributed by atoms with Gasteiger partial charge >= 0.3 is 0 Å². The van der Waals surface area contributed by atoms with Crippen LogP contribution in [0, 0.1) is 22.5 Å². The average Bonchev–Trinajstić information content (AvgIpc) is 2.15. The van der Waals surface area contributed by atoms with Gasteiger partial charge in [0.25, 0.3) is 5.69 Å². The minimum absolute atomic E-state index is 0.0810. The van der Waals surface area contributed by atoms with Gasteiger partial charge in [0.2, 0.25) is 0 Å². The zero-order valence-electron chi connectivity index (χ0n) is 10.7. The van der Waals surface area contributed by atoms with Crippen molar-refractivity contribution in [2.45, 2.75) is 38.9 Å². The predicted octanol–water partition coefficient (Wildman–Crippen LogP) is 4.26. The second kappa shape index (κ2) is 5.17. The molecule has 0 aliphatic heterocycles. The van der Waals surface area contributed by atoms with Crippen molar-refractivity contribution in [1.29, 1.82) is 0 Å². The molecule has 1 aromatic rings. The first-order chi connectivity index (χ1) is 7.71. The second-order valence-electron chi connectivity index (χ2n) is 5.43. The minimum atomic E-state index is -0.308. The van der Waals surface area contributed by atoms with Gasteiger partial charge < -0.3 is 0 Å². The third kappa shape index (κ3) is 3.80. The predicted molar refractivity (Wildman–Crippen MR) is 73.7 cm³/mol. The van der Waals surface area contributed by atoms with E-state index in [2.05, 4.69) is 36.7 Å². The normalized spacial score (nSPS) is 13.5. The number of nitro benzene ring substituents is 1. The third-order valence-corrected chi connectivity index (χ3v) is 4.47. The summed E-state index contributed by atoms with van der Waals surface area (Å²) in [4.78, 5) is 10.9. The molecule has 0 bridgehead atoms. The zero-order valence-corrected chi connectivity index (χ0v) is 12.2. The van der Waals surface area contributed by atoms with Crippen LogP contribution < -0.4 is 0 Å². The van der Waals surface area contributed by atoms with Gasteiger partial charge in [-0.3, -0.25) is 10.1 Å². The monoisotopic (exact) mass is 299 g/mol. The molecule has 0 aromatic heterocycles. The molecule has 1 unspecified atom stereocenters. The van der Waals surface area contributed by atoms with Crippen molar-refractivity contribution in [2.75, 3.05) is 0 Å². The lowest BCUT2D eigenvalue weighted by atomic mass is 9.88. The highest BCUT2D eigenvalue weighted by Gasteiger charge is 2.25. The second-order valence-corrected chi connectivity index (χ2v) is 6.53. The molecule has 0 amide bonds. The van der Waals surface area contributed by atoms with Gasteiger partial charge in [-0.15, -0.1) is 0 Å². The first-order valence-electron chi connectivity index (χ1n) is 5.60. The summed E-state index contributed by atoms with van der Waals surface area (Å²) in [6.07, 6.45) is 0.668. The van der Waals surface area contributed by atoms with E-state index in [1.54, 1.807) is 12.1 Å². The van der Waals surface area contributed by atoms with E-state index in [4.69, 9.17) is 0 Å². The van der Waals surface area contributed by atoms with Crippen LogP contribution in [0.5, 0.6) is 0 Å². The average molecular weight is 300 g/mol.